The van der Waals surface area contributed by atoms with Gasteiger partial charge in [-0.2, -0.15) is 5.10 Å². The second kappa shape index (κ2) is 6.57. The summed E-state index contributed by atoms with van der Waals surface area (Å²) in [6, 6.07) is 14.2. The van der Waals surface area contributed by atoms with Crippen LogP contribution in [0, 0.1) is 0 Å². The molecule has 4 heterocycles. The van der Waals surface area contributed by atoms with Crippen LogP contribution in [0.2, 0.25) is 0 Å². The highest BCUT2D eigenvalue weighted by Gasteiger charge is 2.21. The van der Waals surface area contributed by atoms with E-state index < -0.39 is 10.0 Å². The summed E-state index contributed by atoms with van der Waals surface area (Å²) in [6.45, 7) is 1.44. The minimum atomic E-state index is -3.69. The largest absolute Gasteiger partial charge is 0.379 e. The van der Waals surface area contributed by atoms with Crippen LogP contribution in [-0.2, 0) is 14.8 Å². The third-order valence-electron chi connectivity index (χ3n) is 4.98. The van der Waals surface area contributed by atoms with Crippen LogP contribution in [0.15, 0.2) is 72.0 Å². The van der Waals surface area contributed by atoms with Gasteiger partial charge in [0.2, 0.25) is 0 Å². The lowest BCUT2D eigenvalue weighted by Gasteiger charge is -2.08. The maximum Gasteiger partial charge on any atom is 0.269 e. The zero-order chi connectivity index (χ0) is 19.1. The van der Waals surface area contributed by atoms with Crippen LogP contribution in [0.25, 0.3) is 22.3 Å². The van der Waals surface area contributed by atoms with Crippen LogP contribution in [0.4, 0.5) is 0 Å². The lowest BCUT2D eigenvalue weighted by molar-refractivity contribution is 0.184. The Morgan fingerprint density at radius 3 is 2.71 bits per heavy atom. The van der Waals surface area contributed by atoms with Crippen molar-refractivity contribution in [1.82, 2.24) is 18.7 Å². The first-order chi connectivity index (χ1) is 13.6. The number of hydrogen-bond acceptors (Lipinski definition) is 5. The van der Waals surface area contributed by atoms with E-state index in [9.17, 15) is 8.42 Å². The van der Waals surface area contributed by atoms with Crippen molar-refractivity contribution >= 4 is 21.1 Å². The quantitative estimate of drug-likeness (QED) is 0.531. The van der Waals surface area contributed by atoms with Gasteiger partial charge in [-0.3, -0.25) is 4.68 Å². The predicted octanol–water partition coefficient (Wildman–Crippen LogP) is 3.10. The molecule has 1 fully saturated rings. The number of pyridine rings is 1. The summed E-state index contributed by atoms with van der Waals surface area (Å²) in [5.74, 6) is 0. The number of benzene rings is 1. The van der Waals surface area contributed by atoms with Gasteiger partial charge in [-0.1, -0.05) is 18.2 Å². The van der Waals surface area contributed by atoms with Gasteiger partial charge in [0.1, 0.15) is 0 Å². The average Bonchev–Trinajstić information content (AvgIpc) is 3.47. The summed E-state index contributed by atoms with van der Waals surface area (Å²) in [4.78, 5) is 4.66. The third kappa shape index (κ3) is 2.81. The molecule has 4 aromatic rings. The lowest BCUT2D eigenvalue weighted by Crippen LogP contribution is -2.12. The van der Waals surface area contributed by atoms with E-state index in [2.05, 4.69) is 10.1 Å². The number of nitrogens with zero attached hydrogens (tertiary/aromatic N) is 4. The van der Waals surface area contributed by atoms with Crippen molar-refractivity contribution < 1.29 is 13.2 Å². The monoisotopic (exact) mass is 394 g/mol. The minimum absolute atomic E-state index is 0.232. The molecular weight excluding hydrogens is 376 g/mol. The first kappa shape index (κ1) is 17.2. The van der Waals surface area contributed by atoms with E-state index in [-0.39, 0.29) is 10.9 Å². The Kier molecular flexibility index (Phi) is 4.03. The van der Waals surface area contributed by atoms with Gasteiger partial charge in [0.15, 0.2) is 5.65 Å². The Hall–Kier alpha value is -2.97. The van der Waals surface area contributed by atoms with Crippen LogP contribution in [0.3, 0.4) is 0 Å². The number of aromatic nitrogens is 4. The summed E-state index contributed by atoms with van der Waals surface area (Å²) in [5, 5.41) is 5.39. The SMILES string of the molecule is O=S(=O)(c1ccccc1)n1ccc2cc(-c3ccn(C4CCOC4)n3)cnc21. The Morgan fingerprint density at radius 1 is 1.07 bits per heavy atom. The van der Waals surface area contributed by atoms with Gasteiger partial charge in [0.05, 0.1) is 23.2 Å². The summed E-state index contributed by atoms with van der Waals surface area (Å²) >= 11 is 0. The van der Waals surface area contributed by atoms with Gasteiger partial charge < -0.3 is 4.74 Å². The fourth-order valence-corrected chi connectivity index (χ4v) is 4.80. The van der Waals surface area contributed by atoms with Crippen LogP contribution >= 0.6 is 0 Å². The van der Waals surface area contributed by atoms with Crippen molar-refractivity contribution in [2.45, 2.75) is 17.4 Å². The molecule has 1 aliphatic heterocycles. The summed E-state index contributed by atoms with van der Waals surface area (Å²) < 4.78 is 34.4. The van der Waals surface area contributed by atoms with Crippen molar-refractivity contribution in [1.29, 1.82) is 0 Å². The van der Waals surface area contributed by atoms with Crippen molar-refractivity contribution in [3.05, 3.63) is 67.1 Å². The normalized spacial score (nSPS) is 17.4. The van der Waals surface area contributed by atoms with E-state index in [1.54, 1.807) is 42.6 Å². The molecule has 7 nitrogen and oxygen atoms in total. The molecule has 1 unspecified atom stereocenters. The van der Waals surface area contributed by atoms with Gasteiger partial charge in [-0.15, -0.1) is 0 Å². The van der Waals surface area contributed by atoms with Gasteiger partial charge in [-0.25, -0.2) is 17.4 Å². The van der Waals surface area contributed by atoms with Gasteiger partial charge in [0, 0.05) is 36.1 Å². The average molecular weight is 394 g/mol. The maximum atomic E-state index is 12.9. The second-order valence-electron chi connectivity index (χ2n) is 6.76. The van der Waals surface area contributed by atoms with E-state index >= 15 is 0 Å². The topological polar surface area (TPSA) is 79.0 Å². The lowest BCUT2D eigenvalue weighted by atomic mass is 10.2. The molecule has 3 aromatic heterocycles. The van der Waals surface area contributed by atoms with Gasteiger partial charge >= 0.3 is 0 Å². The molecule has 142 valence electrons. The molecule has 28 heavy (non-hydrogen) atoms. The molecule has 1 saturated heterocycles. The highest BCUT2D eigenvalue weighted by molar-refractivity contribution is 7.90. The van der Waals surface area contributed by atoms with Crippen LogP contribution < -0.4 is 0 Å². The summed E-state index contributed by atoms with van der Waals surface area (Å²) in [5.41, 5.74) is 2.05. The smallest absolute Gasteiger partial charge is 0.269 e. The van der Waals surface area contributed by atoms with E-state index in [0.29, 0.717) is 12.3 Å². The van der Waals surface area contributed by atoms with Gasteiger partial charge in [-0.05, 0) is 36.8 Å². The zero-order valence-electron chi connectivity index (χ0n) is 15.0. The Labute approximate surface area is 162 Å². The van der Waals surface area contributed by atoms with Crippen molar-refractivity contribution in [2.75, 3.05) is 13.2 Å². The second-order valence-corrected chi connectivity index (χ2v) is 8.58. The number of ether oxygens (including phenoxy) is 1. The first-order valence-electron chi connectivity index (χ1n) is 9.04. The van der Waals surface area contributed by atoms with Crippen LogP contribution in [-0.4, -0.2) is 40.4 Å². The van der Waals surface area contributed by atoms with Crippen LogP contribution in [0.5, 0.6) is 0 Å². The van der Waals surface area contributed by atoms with E-state index in [1.807, 2.05) is 23.0 Å². The fourth-order valence-electron chi connectivity index (χ4n) is 3.47. The van der Waals surface area contributed by atoms with Crippen molar-refractivity contribution in [3.63, 3.8) is 0 Å². The molecule has 1 aromatic carbocycles. The van der Waals surface area contributed by atoms with E-state index in [4.69, 9.17) is 4.74 Å². The molecular formula is C20H18N4O3S. The third-order valence-corrected chi connectivity index (χ3v) is 6.66. The van der Waals surface area contributed by atoms with Gasteiger partial charge in [0.25, 0.3) is 10.0 Å². The molecule has 0 bridgehead atoms. The maximum absolute atomic E-state index is 12.9. The molecule has 0 amide bonds. The molecule has 0 saturated carbocycles. The molecule has 8 heteroatoms. The molecule has 1 aliphatic rings. The van der Waals surface area contributed by atoms with Crippen LogP contribution in [0.1, 0.15) is 12.5 Å². The highest BCUT2D eigenvalue weighted by Crippen LogP contribution is 2.26. The number of hydrogen-bond donors (Lipinski definition) is 0. The minimum Gasteiger partial charge on any atom is -0.379 e. The Morgan fingerprint density at radius 2 is 1.93 bits per heavy atom. The summed E-state index contributed by atoms with van der Waals surface area (Å²) in [6.07, 6.45) is 6.11. The van der Waals surface area contributed by atoms with Crippen molar-refractivity contribution in [2.24, 2.45) is 0 Å². The molecule has 5 rings (SSSR count). The van der Waals surface area contributed by atoms with E-state index in [1.165, 1.54) is 10.2 Å². The Balaban J connectivity index is 1.52. The molecule has 1 atom stereocenters. The number of rotatable bonds is 4. The zero-order valence-corrected chi connectivity index (χ0v) is 15.8. The summed E-state index contributed by atoms with van der Waals surface area (Å²) in [7, 11) is -3.69. The highest BCUT2D eigenvalue weighted by atomic mass is 32.2. The standard InChI is InChI=1S/C20H18N4O3S/c25-28(26,18-4-2-1-3-5-18)24-10-6-15-12-16(13-21-20(15)24)19-7-9-23(22-19)17-8-11-27-14-17/h1-7,9-10,12-13,17H,8,11,14H2. The number of fused-ring (bicyclic) bond motifs is 1. The Bertz CT molecular complexity index is 1240. The molecule has 0 N–H and O–H groups in total. The van der Waals surface area contributed by atoms with Crippen molar-refractivity contribution in [3.8, 4) is 11.3 Å². The molecule has 0 radical (unpaired) electrons. The fraction of sp³-hybridized carbons (Fsp3) is 0.200. The predicted molar refractivity (Wildman–Crippen MR) is 104 cm³/mol. The molecule has 0 aliphatic carbocycles. The van der Waals surface area contributed by atoms with E-state index in [0.717, 1.165) is 29.7 Å². The first-order valence-corrected chi connectivity index (χ1v) is 10.5. The molecule has 0 spiro atoms.